The quantitative estimate of drug-likeness (QED) is 0.369. The average Bonchev–Trinajstić information content (AvgIpc) is 2.09. The standard InChI is InChI=1S/C10H8FNO/c1-8-6-10(11)12-7-9(8)4-2-3-5-13/h5-7H,3H2,1H3. The zero-order chi connectivity index (χ0) is 9.68. The fourth-order valence-electron chi connectivity index (χ4n) is 0.840. The minimum atomic E-state index is -0.515. The van der Waals surface area contributed by atoms with Gasteiger partial charge < -0.3 is 4.79 Å². The number of rotatable bonds is 1. The van der Waals surface area contributed by atoms with Crippen molar-refractivity contribution in [1.82, 2.24) is 4.98 Å². The van der Waals surface area contributed by atoms with Crippen LogP contribution in [0.15, 0.2) is 12.3 Å². The molecule has 1 heterocycles. The summed E-state index contributed by atoms with van der Waals surface area (Å²) in [6, 6.07) is 1.31. The molecular weight excluding hydrogens is 169 g/mol. The van der Waals surface area contributed by atoms with Crippen LogP contribution in [-0.4, -0.2) is 11.3 Å². The summed E-state index contributed by atoms with van der Waals surface area (Å²) in [7, 11) is 0. The van der Waals surface area contributed by atoms with E-state index in [9.17, 15) is 9.18 Å². The van der Waals surface area contributed by atoms with Gasteiger partial charge in [0.15, 0.2) is 0 Å². The van der Waals surface area contributed by atoms with E-state index in [0.29, 0.717) is 5.56 Å². The second-order valence-corrected chi connectivity index (χ2v) is 2.49. The number of carbonyl (C=O) groups excluding carboxylic acids is 1. The van der Waals surface area contributed by atoms with Gasteiger partial charge in [-0.25, -0.2) is 4.98 Å². The Bertz CT molecular complexity index is 376. The van der Waals surface area contributed by atoms with Crippen molar-refractivity contribution in [3.8, 4) is 11.8 Å². The summed E-state index contributed by atoms with van der Waals surface area (Å²) in [5, 5.41) is 0. The van der Waals surface area contributed by atoms with Gasteiger partial charge in [-0.1, -0.05) is 11.8 Å². The Morgan fingerprint density at radius 1 is 1.69 bits per heavy atom. The van der Waals surface area contributed by atoms with E-state index in [4.69, 9.17) is 0 Å². The maximum absolute atomic E-state index is 12.5. The van der Waals surface area contributed by atoms with Gasteiger partial charge in [0.05, 0.1) is 6.42 Å². The lowest BCUT2D eigenvalue weighted by Crippen LogP contribution is -1.88. The summed E-state index contributed by atoms with van der Waals surface area (Å²) < 4.78 is 12.5. The first-order chi connectivity index (χ1) is 6.24. The van der Waals surface area contributed by atoms with Crippen molar-refractivity contribution in [2.75, 3.05) is 0 Å². The first-order valence-corrected chi connectivity index (χ1v) is 3.78. The molecule has 1 aromatic rings. The third-order valence-electron chi connectivity index (χ3n) is 1.49. The summed E-state index contributed by atoms with van der Waals surface area (Å²) in [6.45, 7) is 1.75. The summed E-state index contributed by atoms with van der Waals surface area (Å²) >= 11 is 0. The van der Waals surface area contributed by atoms with Crippen molar-refractivity contribution >= 4 is 6.29 Å². The highest BCUT2D eigenvalue weighted by atomic mass is 19.1. The molecule has 13 heavy (non-hydrogen) atoms. The molecule has 0 saturated heterocycles. The van der Waals surface area contributed by atoms with Crippen LogP contribution in [0.3, 0.4) is 0 Å². The Hall–Kier alpha value is -1.69. The molecule has 0 aliphatic carbocycles. The Labute approximate surface area is 75.8 Å². The van der Waals surface area contributed by atoms with Crippen LogP contribution in [0.4, 0.5) is 4.39 Å². The van der Waals surface area contributed by atoms with E-state index in [0.717, 1.165) is 11.8 Å². The van der Waals surface area contributed by atoms with Crippen LogP contribution in [0.5, 0.6) is 0 Å². The molecule has 0 amide bonds. The molecule has 3 heteroatoms. The smallest absolute Gasteiger partial charge is 0.213 e. The lowest BCUT2D eigenvalue weighted by Gasteiger charge is -1.95. The highest BCUT2D eigenvalue weighted by molar-refractivity contribution is 5.55. The SMILES string of the molecule is Cc1cc(F)ncc1C#CCC=O. The number of pyridine rings is 1. The zero-order valence-electron chi connectivity index (χ0n) is 7.17. The van der Waals surface area contributed by atoms with Crippen LogP contribution in [-0.2, 0) is 4.79 Å². The van der Waals surface area contributed by atoms with Gasteiger partial charge in [0.25, 0.3) is 0 Å². The third-order valence-corrected chi connectivity index (χ3v) is 1.49. The van der Waals surface area contributed by atoms with E-state index in [-0.39, 0.29) is 6.42 Å². The zero-order valence-corrected chi connectivity index (χ0v) is 7.17. The number of nitrogens with zero attached hydrogens (tertiary/aromatic N) is 1. The summed E-state index contributed by atoms with van der Waals surface area (Å²) in [6.07, 6.45) is 2.28. The number of carbonyl (C=O) groups is 1. The highest BCUT2D eigenvalue weighted by Gasteiger charge is 1.96. The molecule has 1 aromatic heterocycles. The van der Waals surface area contributed by atoms with Crippen molar-refractivity contribution in [3.63, 3.8) is 0 Å². The summed E-state index contributed by atoms with van der Waals surface area (Å²) in [5.41, 5.74) is 1.38. The lowest BCUT2D eigenvalue weighted by atomic mass is 10.1. The molecule has 66 valence electrons. The molecular formula is C10H8FNO. The fraction of sp³-hybridized carbons (Fsp3) is 0.200. The van der Waals surface area contributed by atoms with Crippen molar-refractivity contribution in [3.05, 3.63) is 29.3 Å². The van der Waals surface area contributed by atoms with Crippen LogP contribution >= 0.6 is 0 Å². The Balaban J connectivity index is 2.91. The molecule has 0 aliphatic heterocycles. The number of hydrogen-bond donors (Lipinski definition) is 0. The molecule has 0 unspecified atom stereocenters. The van der Waals surface area contributed by atoms with Gasteiger partial charge >= 0.3 is 0 Å². The van der Waals surface area contributed by atoms with Gasteiger partial charge in [0, 0.05) is 11.8 Å². The maximum atomic E-state index is 12.5. The maximum Gasteiger partial charge on any atom is 0.213 e. The largest absolute Gasteiger partial charge is 0.302 e. The molecule has 0 N–H and O–H groups in total. The molecule has 0 bridgehead atoms. The highest BCUT2D eigenvalue weighted by Crippen LogP contribution is 2.05. The topological polar surface area (TPSA) is 30.0 Å². The van der Waals surface area contributed by atoms with Gasteiger partial charge in [-0.3, -0.25) is 0 Å². The number of halogens is 1. The Morgan fingerprint density at radius 3 is 3.08 bits per heavy atom. The van der Waals surface area contributed by atoms with Crippen molar-refractivity contribution in [1.29, 1.82) is 0 Å². The minimum absolute atomic E-state index is 0.191. The van der Waals surface area contributed by atoms with E-state index >= 15 is 0 Å². The molecule has 0 spiro atoms. The number of aryl methyl sites for hydroxylation is 1. The van der Waals surface area contributed by atoms with E-state index < -0.39 is 5.95 Å². The normalized spacial score (nSPS) is 8.77. The molecule has 0 atom stereocenters. The second-order valence-electron chi connectivity index (χ2n) is 2.49. The van der Waals surface area contributed by atoms with Crippen molar-refractivity contribution < 1.29 is 9.18 Å². The van der Waals surface area contributed by atoms with E-state index in [2.05, 4.69) is 16.8 Å². The average molecular weight is 177 g/mol. The van der Waals surface area contributed by atoms with Crippen LogP contribution in [0.2, 0.25) is 0 Å². The first kappa shape index (κ1) is 9.40. The minimum Gasteiger partial charge on any atom is -0.302 e. The van der Waals surface area contributed by atoms with Crippen molar-refractivity contribution in [2.45, 2.75) is 13.3 Å². The molecule has 0 radical (unpaired) electrons. The second kappa shape index (κ2) is 4.36. The van der Waals surface area contributed by atoms with Gasteiger partial charge in [-0.05, 0) is 18.6 Å². The third kappa shape index (κ3) is 2.68. The molecule has 1 rings (SSSR count). The first-order valence-electron chi connectivity index (χ1n) is 3.78. The molecule has 0 aliphatic rings. The number of aromatic nitrogens is 1. The van der Waals surface area contributed by atoms with E-state index in [1.807, 2.05) is 0 Å². The predicted molar refractivity (Wildman–Crippen MR) is 46.5 cm³/mol. The Morgan fingerprint density at radius 2 is 2.46 bits per heavy atom. The van der Waals surface area contributed by atoms with Crippen LogP contribution in [0.25, 0.3) is 0 Å². The molecule has 2 nitrogen and oxygen atoms in total. The predicted octanol–water partition coefficient (Wildman–Crippen LogP) is 1.47. The summed E-state index contributed by atoms with van der Waals surface area (Å²) in [4.78, 5) is 13.4. The monoisotopic (exact) mass is 177 g/mol. The fourth-order valence-corrected chi connectivity index (χ4v) is 0.840. The molecule has 0 fully saturated rings. The van der Waals surface area contributed by atoms with Gasteiger partial charge in [0.1, 0.15) is 6.29 Å². The number of hydrogen-bond acceptors (Lipinski definition) is 2. The number of aldehydes is 1. The van der Waals surface area contributed by atoms with Gasteiger partial charge in [-0.15, -0.1) is 0 Å². The summed E-state index contributed by atoms with van der Waals surface area (Å²) in [5.74, 6) is 4.85. The van der Waals surface area contributed by atoms with Crippen LogP contribution < -0.4 is 0 Å². The van der Waals surface area contributed by atoms with E-state index in [1.54, 1.807) is 6.92 Å². The van der Waals surface area contributed by atoms with Gasteiger partial charge in [0.2, 0.25) is 5.95 Å². The molecule has 0 aromatic carbocycles. The van der Waals surface area contributed by atoms with Gasteiger partial charge in [-0.2, -0.15) is 4.39 Å². The van der Waals surface area contributed by atoms with Crippen molar-refractivity contribution in [2.24, 2.45) is 0 Å². The lowest BCUT2D eigenvalue weighted by molar-refractivity contribution is -0.107. The molecule has 0 saturated carbocycles. The van der Waals surface area contributed by atoms with Crippen LogP contribution in [0.1, 0.15) is 17.5 Å². The van der Waals surface area contributed by atoms with Crippen LogP contribution in [0, 0.1) is 24.7 Å². The van der Waals surface area contributed by atoms with E-state index in [1.165, 1.54) is 12.3 Å². The Kier molecular flexibility index (Phi) is 3.15.